The number of carboxylic acids is 1. The first-order valence-corrected chi connectivity index (χ1v) is 8.13. The van der Waals surface area contributed by atoms with Crippen LogP contribution < -0.4 is 5.32 Å². The van der Waals surface area contributed by atoms with Crippen LogP contribution in [0.1, 0.15) is 31.2 Å². The predicted octanol–water partition coefficient (Wildman–Crippen LogP) is 2.65. The van der Waals surface area contributed by atoms with Crippen LogP contribution in [0.2, 0.25) is 0 Å². The van der Waals surface area contributed by atoms with Gasteiger partial charge >= 0.3 is 5.97 Å². The second kappa shape index (κ2) is 8.89. The molecule has 1 atom stereocenters. The maximum Gasteiger partial charge on any atom is 0.326 e. The van der Waals surface area contributed by atoms with Gasteiger partial charge in [0.15, 0.2) is 0 Å². The highest BCUT2D eigenvalue weighted by molar-refractivity contribution is 5.83. The first-order valence-electron chi connectivity index (χ1n) is 8.13. The Morgan fingerprint density at radius 1 is 1.42 bits per heavy atom. The molecule has 1 amide bonds. The topological polar surface area (TPSA) is 105 Å². The Bertz CT molecular complexity index is 817. The Hall–Kier alpha value is -3.03. The number of aryl methyl sites for hydroxylation is 2. The predicted molar refractivity (Wildman–Crippen MR) is 91.7 cm³/mol. The van der Waals surface area contributed by atoms with Crippen LogP contribution >= 0.6 is 0 Å². The summed E-state index contributed by atoms with van der Waals surface area (Å²) in [5.74, 6) is -1.44. The van der Waals surface area contributed by atoms with Gasteiger partial charge in [-0.05, 0) is 31.9 Å². The van der Waals surface area contributed by atoms with Gasteiger partial charge in [0, 0.05) is 18.4 Å². The molecule has 1 aromatic heterocycles. The molecular weight excluding hydrogens is 341 g/mol. The van der Waals surface area contributed by atoms with E-state index in [2.05, 4.69) is 15.5 Å². The van der Waals surface area contributed by atoms with Crippen molar-refractivity contribution in [1.29, 1.82) is 0 Å². The molecule has 0 spiro atoms. The number of carboxylic acid groups (broad SMARTS) is 1. The number of nitrogens with zero attached hydrogens (tertiary/aromatic N) is 2. The van der Waals surface area contributed by atoms with Gasteiger partial charge in [-0.2, -0.15) is 4.98 Å². The zero-order valence-electron chi connectivity index (χ0n) is 14.5. The number of allylic oxidation sites excluding steroid dienone is 1. The highest BCUT2D eigenvalue weighted by atomic mass is 19.1. The molecule has 26 heavy (non-hydrogen) atoms. The van der Waals surface area contributed by atoms with Crippen molar-refractivity contribution in [3.63, 3.8) is 0 Å². The highest BCUT2D eigenvalue weighted by Gasteiger charge is 2.19. The number of nitrogens with one attached hydrogen (secondary N) is 1. The molecule has 1 aromatic carbocycles. The summed E-state index contributed by atoms with van der Waals surface area (Å²) in [4.78, 5) is 27.2. The van der Waals surface area contributed by atoms with Crippen molar-refractivity contribution in [1.82, 2.24) is 15.5 Å². The number of hydrogen-bond acceptors (Lipinski definition) is 5. The lowest BCUT2D eigenvalue weighted by Crippen LogP contribution is -2.40. The molecule has 0 aliphatic carbocycles. The number of benzene rings is 1. The number of hydrogen-bond donors (Lipinski definition) is 2. The molecule has 138 valence electrons. The lowest BCUT2D eigenvalue weighted by Gasteiger charge is -2.11. The fourth-order valence-electron chi connectivity index (χ4n) is 2.19. The van der Waals surface area contributed by atoms with Crippen LogP contribution in [0.4, 0.5) is 4.39 Å². The van der Waals surface area contributed by atoms with Gasteiger partial charge in [0.05, 0.1) is 0 Å². The van der Waals surface area contributed by atoms with Crippen LogP contribution in [0.15, 0.2) is 34.9 Å². The SMILES string of the molecule is C/C=C/CC(NC(=O)CCc1nc(-c2ccc(C)c(F)c2)no1)C(=O)O. The lowest BCUT2D eigenvalue weighted by atomic mass is 10.1. The molecule has 0 radical (unpaired) electrons. The number of aliphatic carboxylic acids is 1. The summed E-state index contributed by atoms with van der Waals surface area (Å²) in [5.41, 5.74) is 0.991. The monoisotopic (exact) mass is 361 g/mol. The summed E-state index contributed by atoms with van der Waals surface area (Å²) in [6.45, 7) is 3.42. The Morgan fingerprint density at radius 2 is 2.19 bits per heavy atom. The van der Waals surface area contributed by atoms with Crippen LogP contribution in [0.25, 0.3) is 11.4 Å². The number of carbonyl (C=O) groups excluding carboxylic acids is 1. The van der Waals surface area contributed by atoms with Crippen molar-refractivity contribution < 1.29 is 23.6 Å². The minimum atomic E-state index is -1.10. The van der Waals surface area contributed by atoms with Gasteiger partial charge in [-0.1, -0.05) is 29.4 Å². The van der Waals surface area contributed by atoms with Crippen molar-refractivity contribution in [3.8, 4) is 11.4 Å². The lowest BCUT2D eigenvalue weighted by molar-refractivity contribution is -0.141. The number of aromatic nitrogens is 2. The number of carbonyl (C=O) groups is 2. The minimum absolute atomic E-state index is 0.00348. The maximum atomic E-state index is 13.6. The minimum Gasteiger partial charge on any atom is -0.480 e. The standard InChI is InChI=1S/C18H20FN3O4/c1-3-4-5-14(18(24)25)20-15(23)8-9-16-21-17(22-26-16)12-7-6-11(2)13(19)10-12/h3-4,6-7,10,14H,5,8-9H2,1-2H3,(H,20,23)(H,24,25)/b4-3+. The summed E-state index contributed by atoms with van der Waals surface area (Å²) >= 11 is 0. The second-order valence-electron chi connectivity index (χ2n) is 5.74. The molecule has 0 saturated carbocycles. The third kappa shape index (κ3) is 5.23. The molecule has 0 saturated heterocycles. The van der Waals surface area contributed by atoms with Crippen molar-refractivity contribution >= 4 is 11.9 Å². The van der Waals surface area contributed by atoms with Crippen LogP contribution in [0.5, 0.6) is 0 Å². The second-order valence-corrected chi connectivity index (χ2v) is 5.74. The smallest absolute Gasteiger partial charge is 0.326 e. The fourth-order valence-corrected chi connectivity index (χ4v) is 2.19. The van der Waals surface area contributed by atoms with Gasteiger partial charge in [-0.3, -0.25) is 4.79 Å². The van der Waals surface area contributed by atoms with E-state index < -0.39 is 17.9 Å². The van der Waals surface area contributed by atoms with Gasteiger partial charge in [0.1, 0.15) is 11.9 Å². The molecule has 2 rings (SSSR count). The first-order chi connectivity index (χ1) is 12.4. The van der Waals surface area contributed by atoms with E-state index in [9.17, 15) is 14.0 Å². The summed E-state index contributed by atoms with van der Waals surface area (Å²) in [6.07, 6.45) is 3.76. The molecule has 1 unspecified atom stereocenters. The van der Waals surface area contributed by atoms with Crippen LogP contribution in [-0.2, 0) is 16.0 Å². The van der Waals surface area contributed by atoms with Crippen molar-refractivity contribution in [2.24, 2.45) is 0 Å². The highest BCUT2D eigenvalue weighted by Crippen LogP contribution is 2.19. The summed E-state index contributed by atoms with van der Waals surface area (Å²) in [5, 5.41) is 15.3. The number of amides is 1. The largest absolute Gasteiger partial charge is 0.480 e. The van der Waals surface area contributed by atoms with E-state index in [4.69, 9.17) is 9.63 Å². The van der Waals surface area contributed by atoms with Crippen molar-refractivity contribution in [2.45, 2.75) is 39.2 Å². The summed E-state index contributed by atoms with van der Waals surface area (Å²) < 4.78 is 18.7. The van der Waals surface area contributed by atoms with Crippen LogP contribution in [-0.4, -0.2) is 33.2 Å². The number of halogens is 1. The first kappa shape index (κ1) is 19.3. The average molecular weight is 361 g/mol. The zero-order valence-corrected chi connectivity index (χ0v) is 14.5. The van der Waals surface area contributed by atoms with E-state index in [-0.39, 0.29) is 36.8 Å². The maximum absolute atomic E-state index is 13.6. The zero-order chi connectivity index (χ0) is 19.1. The Labute approximate surface area is 149 Å². The Morgan fingerprint density at radius 3 is 2.85 bits per heavy atom. The Balaban J connectivity index is 1.93. The molecule has 0 aliphatic rings. The molecule has 2 N–H and O–H groups in total. The molecule has 0 fully saturated rings. The third-order valence-corrected chi connectivity index (χ3v) is 3.70. The molecule has 0 aliphatic heterocycles. The van der Waals surface area contributed by atoms with Crippen LogP contribution in [0.3, 0.4) is 0 Å². The van der Waals surface area contributed by atoms with Gasteiger partial charge < -0.3 is 14.9 Å². The molecular formula is C18H20FN3O4. The van der Waals surface area contributed by atoms with Gasteiger partial charge in [0.25, 0.3) is 0 Å². The molecule has 1 heterocycles. The van der Waals surface area contributed by atoms with Crippen molar-refractivity contribution in [2.75, 3.05) is 0 Å². The van der Waals surface area contributed by atoms with Crippen molar-refractivity contribution in [3.05, 3.63) is 47.6 Å². The molecule has 8 heteroatoms. The fraction of sp³-hybridized carbons (Fsp3) is 0.333. The van der Waals surface area contributed by atoms with Gasteiger partial charge in [0.2, 0.25) is 17.6 Å². The number of rotatable bonds is 8. The van der Waals surface area contributed by atoms with Gasteiger partial charge in [-0.15, -0.1) is 0 Å². The summed E-state index contributed by atoms with van der Waals surface area (Å²) in [7, 11) is 0. The third-order valence-electron chi connectivity index (χ3n) is 3.70. The van der Waals surface area contributed by atoms with E-state index in [1.54, 1.807) is 38.1 Å². The normalized spacial score (nSPS) is 12.3. The van der Waals surface area contributed by atoms with E-state index in [1.807, 2.05) is 0 Å². The summed E-state index contributed by atoms with van der Waals surface area (Å²) in [6, 6.07) is 3.63. The van der Waals surface area contributed by atoms with E-state index >= 15 is 0 Å². The van der Waals surface area contributed by atoms with E-state index in [1.165, 1.54) is 6.07 Å². The van der Waals surface area contributed by atoms with E-state index in [0.29, 0.717) is 11.1 Å². The van der Waals surface area contributed by atoms with E-state index in [0.717, 1.165) is 0 Å². The quantitative estimate of drug-likeness (QED) is 0.700. The average Bonchev–Trinajstić information content (AvgIpc) is 3.08. The van der Waals surface area contributed by atoms with Gasteiger partial charge in [-0.25, -0.2) is 9.18 Å². The van der Waals surface area contributed by atoms with Crippen LogP contribution in [0, 0.1) is 12.7 Å². The Kier molecular flexibility index (Phi) is 6.60. The molecule has 7 nitrogen and oxygen atoms in total. The molecule has 2 aromatic rings. The molecule has 0 bridgehead atoms.